The maximum absolute atomic E-state index is 6.67. The van der Waals surface area contributed by atoms with E-state index in [0.717, 1.165) is 29.8 Å². The molecular weight excluding hydrogens is 784 g/mol. The minimum atomic E-state index is -0.0453. The number of fused-ring (bicyclic) bond motifs is 13. The van der Waals surface area contributed by atoms with Crippen LogP contribution in [0.1, 0.15) is 104 Å². The van der Waals surface area contributed by atoms with Gasteiger partial charge >= 0.3 is 0 Å². The number of anilines is 2. The summed E-state index contributed by atoms with van der Waals surface area (Å²) in [6, 6.07) is 43.9. The van der Waals surface area contributed by atoms with Gasteiger partial charge in [-0.25, -0.2) is 0 Å². The second-order valence-electron chi connectivity index (χ2n) is 22.1. The van der Waals surface area contributed by atoms with E-state index < -0.39 is 0 Å². The van der Waals surface area contributed by atoms with Crippen molar-refractivity contribution in [2.45, 2.75) is 104 Å². The molecule has 2 aliphatic rings. The molecule has 1 aliphatic carbocycles. The maximum Gasteiger partial charge on any atom is 0.198 e. The van der Waals surface area contributed by atoms with Crippen LogP contribution >= 0.6 is 11.3 Å². The van der Waals surface area contributed by atoms with Crippen molar-refractivity contribution in [3.8, 4) is 16.8 Å². The highest BCUT2D eigenvalue weighted by Gasteiger charge is 2.39. The van der Waals surface area contributed by atoms with Gasteiger partial charge < -0.3 is 14.3 Å². The highest BCUT2D eigenvalue weighted by atomic mass is 32.1. The maximum atomic E-state index is 6.67. The van der Waals surface area contributed by atoms with Crippen molar-refractivity contribution in [3.05, 3.63) is 138 Å². The number of nitrogens with zero attached hydrogens (tertiary/aromatic N) is 1. The summed E-state index contributed by atoms with van der Waals surface area (Å²) in [4.78, 5) is 0. The van der Waals surface area contributed by atoms with Crippen LogP contribution in [0.5, 0.6) is 0 Å². The van der Waals surface area contributed by atoms with Gasteiger partial charge in [0.05, 0.1) is 5.52 Å². The van der Waals surface area contributed by atoms with Gasteiger partial charge in [0, 0.05) is 75.9 Å². The molecule has 0 atom stereocenters. The Morgan fingerprint density at radius 3 is 2.03 bits per heavy atom. The molecule has 1 aliphatic heterocycles. The van der Waals surface area contributed by atoms with Crippen molar-refractivity contribution in [1.82, 2.24) is 4.57 Å². The zero-order chi connectivity index (χ0) is 43.5. The average Bonchev–Trinajstić information content (AvgIpc) is 3.91. The van der Waals surface area contributed by atoms with Crippen LogP contribution in [-0.4, -0.2) is 11.8 Å². The van der Waals surface area contributed by atoms with E-state index in [1.54, 1.807) is 0 Å². The van der Waals surface area contributed by atoms with Gasteiger partial charge in [0.15, 0.2) is 7.28 Å². The molecule has 312 valence electrons. The number of para-hydroxylation sites is 1. The lowest BCUT2D eigenvalue weighted by molar-refractivity contribution is 0.332. The van der Waals surface area contributed by atoms with E-state index in [0.29, 0.717) is 0 Å². The van der Waals surface area contributed by atoms with Crippen LogP contribution in [-0.2, 0) is 21.7 Å². The molecule has 0 fully saturated rings. The molecule has 0 unspecified atom stereocenters. The summed E-state index contributed by atoms with van der Waals surface area (Å²) in [5, 5.41) is 11.8. The van der Waals surface area contributed by atoms with Crippen LogP contribution in [0.4, 0.5) is 11.4 Å². The van der Waals surface area contributed by atoms with Gasteiger partial charge in [0.2, 0.25) is 0 Å². The van der Waals surface area contributed by atoms with Crippen LogP contribution in [0, 0.1) is 0 Å². The van der Waals surface area contributed by atoms with Crippen LogP contribution in [0.3, 0.4) is 0 Å². The van der Waals surface area contributed by atoms with Crippen molar-refractivity contribution in [3.63, 3.8) is 0 Å². The minimum absolute atomic E-state index is 0.0453. The largest absolute Gasteiger partial charge is 0.456 e. The molecule has 7 aromatic carbocycles. The van der Waals surface area contributed by atoms with Crippen LogP contribution in [0.2, 0.25) is 0 Å². The first-order valence-electron chi connectivity index (χ1n) is 22.9. The molecule has 1 N–H and O–H groups in total. The SMILES string of the molecule is CC(C)(C)c1ccc(Nc2ccc(C(C)(C)C)cc2-c2c3c4c(c5cc6c(cc5n4-c4cc5oc7ccccc7c5cc4B3)C(C)(C)CCC6(C)C)c3c2sc2ccccc23)cc1. The minimum Gasteiger partial charge on any atom is -0.456 e. The van der Waals surface area contributed by atoms with Crippen molar-refractivity contribution in [1.29, 1.82) is 0 Å². The van der Waals surface area contributed by atoms with E-state index in [1.165, 1.54) is 116 Å². The molecule has 3 nitrogen and oxygen atoms in total. The molecule has 0 saturated heterocycles. The number of hydrogen-bond donors (Lipinski definition) is 1. The standard InChI is InChI=1S/C58H55BN2OS/c1-55(2,3)32-19-22-34(23-20-32)60-43-24-21-33(56(4,5)6)27-38(43)51-52-53-49(50-36-16-12-14-18-48(36)63-54(50)51)39-28-40-41(58(9,10)26-25-57(40,7)8)30-44(39)61(53)45-31-47-37(29-42(45)59-52)35-15-11-13-17-46(35)62-47/h11-24,27-31,59-60H,25-26H2,1-10H3. The smallest absolute Gasteiger partial charge is 0.198 e. The van der Waals surface area contributed by atoms with Gasteiger partial charge in [-0.05, 0) is 116 Å². The molecule has 5 heteroatoms. The van der Waals surface area contributed by atoms with Gasteiger partial charge in [0.1, 0.15) is 11.2 Å². The highest BCUT2D eigenvalue weighted by molar-refractivity contribution is 7.26. The molecule has 0 saturated carbocycles. The third-order valence-corrected chi connectivity index (χ3v) is 16.2. The molecule has 4 heterocycles. The van der Waals surface area contributed by atoms with Gasteiger partial charge in [-0.15, -0.1) is 11.3 Å². The normalized spacial score (nSPS) is 15.7. The molecule has 0 radical (unpaired) electrons. The Labute approximate surface area is 375 Å². The number of thiophene rings is 1. The highest BCUT2D eigenvalue weighted by Crippen LogP contribution is 2.53. The zero-order valence-electron chi connectivity index (χ0n) is 38.4. The molecule has 0 bridgehead atoms. The molecular formula is C58H55BN2OS. The monoisotopic (exact) mass is 838 g/mol. The van der Waals surface area contributed by atoms with Crippen LogP contribution in [0.15, 0.2) is 120 Å². The Kier molecular flexibility index (Phi) is 7.97. The van der Waals surface area contributed by atoms with Crippen molar-refractivity contribution < 1.29 is 4.42 Å². The quantitative estimate of drug-likeness (QED) is 0.180. The fraction of sp³-hybridized carbons (Fsp3) is 0.276. The van der Waals surface area contributed by atoms with Gasteiger partial charge in [-0.1, -0.05) is 135 Å². The van der Waals surface area contributed by atoms with Crippen molar-refractivity contribution >= 4 is 105 Å². The second kappa shape index (κ2) is 12.9. The number of benzene rings is 7. The number of nitrogens with one attached hydrogen (secondary N) is 1. The zero-order valence-corrected chi connectivity index (χ0v) is 39.2. The van der Waals surface area contributed by atoms with Crippen LogP contribution < -0.4 is 16.2 Å². The number of hydrogen-bond acceptors (Lipinski definition) is 3. The van der Waals surface area contributed by atoms with Crippen LogP contribution in [0.25, 0.3) is 80.7 Å². The number of furan rings is 1. The fourth-order valence-corrected chi connectivity index (χ4v) is 12.5. The topological polar surface area (TPSA) is 30.1 Å². The van der Waals surface area contributed by atoms with E-state index in [1.807, 2.05) is 11.3 Å². The summed E-state index contributed by atoms with van der Waals surface area (Å²) in [6.07, 6.45) is 2.34. The summed E-state index contributed by atoms with van der Waals surface area (Å²) in [7, 11) is 0.813. The Morgan fingerprint density at radius 2 is 1.30 bits per heavy atom. The third kappa shape index (κ3) is 5.71. The van der Waals surface area contributed by atoms with Gasteiger partial charge in [0.25, 0.3) is 0 Å². The Balaban J connectivity index is 1.26. The number of rotatable bonds is 3. The van der Waals surface area contributed by atoms with E-state index in [-0.39, 0.29) is 21.7 Å². The first-order chi connectivity index (χ1) is 30.0. The molecule has 0 spiro atoms. The third-order valence-electron chi connectivity index (χ3n) is 15.0. The number of aromatic nitrogens is 1. The van der Waals surface area contributed by atoms with Crippen molar-refractivity contribution in [2.24, 2.45) is 0 Å². The van der Waals surface area contributed by atoms with Gasteiger partial charge in [-0.2, -0.15) is 0 Å². The second-order valence-corrected chi connectivity index (χ2v) is 23.2. The van der Waals surface area contributed by atoms with E-state index in [4.69, 9.17) is 4.42 Å². The van der Waals surface area contributed by atoms with Gasteiger partial charge in [-0.3, -0.25) is 0 Å². The van der Waals surface area contributed by atoms with E-state index >= 15 is 0 Å². The summed E-state index contributed by atoms with van der Waals surface area (Å²) in [5.74, 6) is 0. The van der Waals surface area contributed by atoms with E-state index in [9.17, 15) is 0 Å². The Bertz CT molecular complexity index is 3580. The summed E-state index contributed by atoms with van der Waals surface area (Å²) >= 11 is 1.97. The van der Waals surface area contributed by atoms with Crippen molar-refractivity contribution in [2.75, 3.05) is 5.32 Å². The lowest BCUT2D eigenvalue weighted by atomic mass is 9.58. The Hall–Kier alpha value is -5.78. The fourth-order valence-electron chi connectivity index (χ4n) is 11.2. The lowest BCUT2D eigenvalue weighted by Crippen LogP contribution is -2.37. The first-order valence-corrected chi connectivity index (χ1v) is 23.7. The molecule has 63 heavy (non-hydrogen) atoms. The predicted octanol–water partition coefficient (Wildman–Crippen LogP) is 15.1. The van der Waals surface area contributed by atoms with E-state index in [2.05, 4.69) is 194 Å². The summed E-state index contributed by atoms with van der Waals surface area (Å²) in [6.45, 7) is 23.7. The molecule has 10 aromatic rings. The summed E-state index contributed by atoms with van der Waals surface area (Å²) in [5.41, 5.74) is 19.1. The first kappa shape index (κ1) is 38.9. The molecule has 0 amide bonds. The lowest BCUT2D eigenvalue weighted by Gasteiger charge is -2.42. The average molecular weight is 839 g/mol. The predicted molar refractivity (Wildman–Crippen MR) is 275 cm³/mol. The Morgan fingerprint density at radius 1 is 0.635 bits per heavy atom. The molecule has 3 aromatic heterocycles. The molecule has 12 rings (SSSR count). The summed E-state index contributed by atoms with van der Waals surface area (Å²) < 4.78 is 12.0.